The minimum absolute atomic E-state index is 0.248. The Balaban J connectivity index is 1.89. The van der Waals surface area contributed by atoms with Crippen LogP contribution in [-0.2, 0) is 7.05 Å². The van der Waals surface area contributed by atoms with Crippen LogP contribution in [0.1, 0.15) is 16.2 Å². The number of anilines is 1. The third kappa shape index (κ3) is 2.88. The zero-order chi connectivity index (χ0) is 15.7. The van der Waals surface area contributed by atoms with E-state index in [2.05, 4.69) is 15.4 Å². The van der Waals surface area contributed by atoms with Crippen molar-refractivity contribution in [2.24, 2.45) is 7.05 Å². The zero-order valence-electron chi connectivity index (χ0n) is 12.0. The van der Waals surface area contributed by atoms with Crippen LogP contribution < -0.4 is 5.32 Å². The molecule has 22 heavy (non-hydrogen) atoms. The molecule has 0 unspecified atom stereocenters. The summed E-state index contributed by atoms with van der Waals surface area (Å²) in [6.45, 7) is 1.88. The van der Waals surface area contributed by atoms with Crippen LogP contribution in [0.5, 0.6) is 0 Å². The van der Waals surface area contributed by atoms with Crippen LogP contribution in [0, 0.1) is 6.92 Å². The van der Waals surface area contributed by atoms with Gasteiger partial charge in [-0.1, -0.05) is 29.8 Å². The van der Waals surface area contributed by atoms with Gasteiger partial charge in [0.1, 0.15) is 5.69 Å². The van der Waals surface area contributed by atoms with E-state index < -0.39 is 0 Å². The number of hydrogen-bond donors (Lipinski definition) is 1. The second kappa shape index (κ2) is 5.90. The number of carbonyl (C=O) groups is 1. The number of nitrogens with zero attached hydrogens (tertiary/aromatic N) is 3. The summed E-state index contributed by atoms with van der Waals surface area (Å²) < 4.78 is 1.54. The molecule has 3 aromatic rings. The molecular formula is C15H13ClN4OS. The molecule has 112 valence electrons. The molecule has 0 bridgehead atoms. The van der Waals surface area contributed by atoms with Crippen LogP contribution in [0.4, 0.5) is 5.13 Å². The molecule has 0 aliphatic carbocycles. The highest BCUT2D eigenvalue weighted by Gasteiger charge is 2.16. The standard InChI is InChI=1S/C15H13ClN4OS/c1-9-8-22-15(17-9)18-14(21)13-7-12(19-20(13)2)10-5-3-4-6-11(10)16/h3-8H,1-2H3,(H,17,18,21). The number of nitrogens with one attached hydrogen (secondary N) is 1. The number of aromatic nitrogens is 3. The van der Waals surface area contributed by atoms with Crippen LogP contribution >= 0.6 is 22.9 Å². The van der Waals surface area contributed by atoms with Crippen LogP contribution in [0.15, 0.2) is 35.7 Å². The summed E-state index contributed by atoms with van der Waals surface area (Å²) in [5.74, 6) is -0.248. The van der Waals surface area contributed by atoms with E-state index in [0.717, 1.165) is 11.3 Å². The predicted octanol–water partition coefficient (Wildman–Crippen LogP) is 3.76. The monoisotopic (exact) mass is 332 g/mol. The molecule has 0 aliphatic heterocycles. The Labute approximate surface area is 136 Å². The molecule has 0 radical (unpaired) electrons. The van der Waals surface area contributed by atoms with Crippen molar-refractivity contribution in [3.63, 3.8) is 0 Å². The first-order valence-electron chi connectivity index (χ1n) is 6.57. The Morgan fingerprint density at radius 1 is 1.36 bits per heavy atom. The van der Waals surface area contributed by atoms with Gasteiger partial charge in [0.15, 0.2) is 5.13 Å². The SMILES string of the molecule is Cc1csc(NC(=O)c2cc(-c3ccccc3Cl)nn2C)n1. The fraction of sp³-hybridized carbons (Fsp3) is 0.133. The third-order valence-electron chi connectivity index (χ3n) is 3.10. The van der Waals surface area contributed by atoms with Crippen LogP contribution in [0.25, 0.3) is 11.3 Å². The van der Waals surface area contributed by atoms with Crippen molar-refractivity contribution >= 4 is 34.0 Å². The molecule has 1 N–H and O–H groups in total. The highest BCUT2D eigenvalue weighted by atomic mass is 35.5. The van der Waals surface area contributed by atoms with Gasteiger partial charge in [0.05, 0.1) is 16.4 Å². The summed E-state index contributed by atoms with van der Waals surface area (Å²) in [7, 11) is 1.72. The quantitative estimate of drug-likeness (QED) is 0.794. The Morgan fingerprint density at radius 3 is 2.82 bits per heavy atom. The van der Waals surface area contributed by atoms with Crippen molar-refractivity contribution in [3.8, 4) is 11.3 Å². The first kappa shape index (κ1) is 14.7. The second-order valence-electron chi connectivity index (χ2n) is 4.77. The second-order valence-corrected chi connectivity index (χ2v) is 6.03. The molecule has 0 saturated heterocycles. The van der Waals surface area contributed by atoms with Gasteiger partial charge in [0.25, 0.3) is 5.91 Å². The van der Waals surface area contributed by atoms with Crippen molar-refractivity contribution in [1.82, 2.24) is 14.8 Å². The lowest BCUT2D eigenvalue weighted by Gasteiger charge is -2.00. The maximum atomic E-state index is 12.3. The summed E-state index contributed by atoms with van der Waals surface area (Å²) in [5, 5.41) is 10.2. The smallest absolute Gasteiger partial charge is 0.275 e. The average molecular weight is 333 g/mol. The fourth-order valence-corrected chi connectivity index (χ4v) is 2.97. The topological polar surface area (TPSA) is 59.8 Å². The summed E-state index contributed by atoms with van der Waals surface area (Å²) in [5.41, 5.74) is 2.78. The molecule has 1 aromatic carbocycles. The van der Waals surface area contributed by atoms with E-state index in [9.17, 15) is 4.79 Å². The number of rotatable bonds is 3. The van der Waals surface area contributed by atoms with Crippen LogP contribution in [-0.4, -0.2) is 20.7 Å². The van der Waals surface area contributed by atoms with Gasteiger partial charge < -0.3 is 0 Å². The maximum absolute atomic E-state index is 12.3. The Bertz CT molecular complexity index is 840. The maximum Gasteiger partial charge on any atom is 0.275 e. The highest BCUT2D eigenvalue weighted by molar-refractivity contribution is 7.13. The number of benzene rings is 1. The fourth-order valence-electron chi connectivity index (χ4n) is 2.05. The Morgan fingerprint density at radius 2 is 2.14 bits per heavy atom. The van der Waals surface area contributed by atoms with Crippen LogP contribution in [0.2, 0.25) is 5.02 Å². The lowest BCUT2D eigenvalue weighted by Crippen LogP contribution is -2.15. The zero-order valence-corrected chi connectivity index (χ0v) is 13.6. The van der Waals surface area contributed by atoms with E-state index in [1.807, 2.05) is 30.5 Å². The van der Waals surface area contributed by atoms with Crippen molar-refractivity contribution in [3.05, 3.63) is 52.1 Å². The Kier molecular flexibility index (Phi) is 3.96. The van der Waals surface area contributed by atoms with Gasteiger partial charge in [0, 0.05) is 18.0 Å². The highest BCUT2D eigenvalue weighted by Crippen LogP contribution is 2.27. The van der Waals surface area contributed by atoms with E-state index in [-0.39, 0.29) is 5.91 Å². The normalized spacial score (nSPS) is 10.7. The van der Waals surface area contributed by atoms with Crippen molar-refractivity contribution in [1.29, 1.82) is 0 Å². The van der Waals surface area contributed by atoms with Gasteiger partial charge >= 0.3 is 0 Å². The van der Waals surface area contributed by atoms with Gasteiger partial charge in [-0.3, -0.25) is 14.8 Å². The summed E-state index contributed by atoms with van der Waals surface area (Å²) in [6.07, 6.45) is 0. The van der Waals surface area contributed by atoms with Gasteiger partial charge in [-0.05, 0) is 19.1 Å². The van der Waals surface area contributed by atoms with E-state index in [0.29, 0.717) is 21.5 Å². The molecule has 3 rings (SSSR count). The van der Waals surface area contributed by atoms with Crippen molar-refractivity contribution < 1.29 is 4.79 Å². The summed E-state index contributed by atoms with van der Waals surface area (Å²) in [4.78, 5) is 16.6. The van der Waals surface area contributed by atoms with Crippen molar-refractivity contribution in [2.45, 2.75) is 6.92 Å². The molecule has 1 amide bonds. The number of halogens is 1. The third-order valence-corrected chi connectivity index (χ3v) is 4.31. The first-order chi connectivity index (χ1) is 10.5. The minimum Gasteiger partial charge on any atom is -0.296 e. The minimum atomic E-state index is -0.248. The Hall–Kier alpha value is -2.18. The van der Waals surface area contributed by atoms with Gasteiger partial charge in [-0.15, -0.1) is 11.3 Å². The molecule has 2 heterocycles. The largest absolute Gasteiger partial charge is 0.296 e. The molecule has 0 aliphatic rings. The van der Waals surface area contributed by atoms with Crippen molar-refractivity contribution in [2.75, 3.05) is 5.32 Å². The molecule has 0 atom stereocenters. The lowest BCUT2D eigenvalue weighted by atomic mass is 10.1. The number of aryl methyl sites for hydroxylation is 2. The number of carbonyl (C=O) groups excluding carboxylic acids is 1. The molecule has 0 fully saturated rings. The number of amides is 1. The first-order valence-corrected chi connectivity index (χ1v) is 7.83. The van der Waals surface area contributed by atoms with E-state index in [1.54, 1.807) is 19.2 Å². The van der Waals surface area contributed by atoms with E-state index in [1.165, 1.54) is 16.0 Å². The van der Waals surface area contributed by atoms with Gasteiger partial charge in [-0.25, -0.2) is 4.98 Å². The van der Waals surface area contributed by atoms with Gasteiger partial charge in [-0.2, -0.15) is 5.10 Å². The summed E-state index contributed by atoms with van der Waals surface area (Å²) in [6, 6.07) is 9.12. The number of thiazole rings is 1. The molecule has 7 heteroatoms. The number of hydrogen-bond acceptors (Lipinski definition) is 4. The summed E-state index contributed by atoms with van der Waals surface area (Å²) >= 11 is 7.56. The lowest BCUT2D eigenvalue weighted by molar-refractivity contribution is 0.101. The molecular weight excluding hydrogens is 320 g/mol. The molecule has 2 aromatic heterocycles. The van der Waals surface area contributed by atoms with Crippen LogP contribution in [0.3, 0.4) is 0 Å². The average Bonchev–Trinajstić information content (AvgIpc) is 3.05. The van der Waals surface area contributed by atoms with Gasteiger partial charge in [0.2, 0.25) is 0 Å². The van der Waals surface area contributed by atoms with E-state index in [4.69, 9.17) is 11.6 Å². The molecule has 5 nitrogen and oxygen atoms in total. The van der Waals surface area contributed by atoms with E-state index >= 15 is 0 Å². The molecule has 0 spiro atoms. The molecule has 0 saturated carbocycles. The predicted molar refractivity (Wildman–Crippen MR) is 88.5 cm³/mol.